The number of aryl methyl sites for hydroxylation is 1. The molecule has 0 saturated heterocycles. The van der Waals surface area contributed by atoms with E-state index >= 15 is 0 Å². The van der Waals surface area contributed by atoms with Crippen molar-refractivity contribution in [3.63, 3.8) is 0 Å². The maximum Gasteiger partial charge on any atom is 0.132 e. The molecule has 0 bridgehead atoms. The fourth-order valence-corrected chi connectivity index (χ4v) is 2.09. The fraction of sp³-hybridized carbons (Fsp3) is 0.267. The number of hydrogen-bond acceptors (Lipinski definition) is 3. The van der Waals surface area contributed by atoms with Crippen molar-refractivity contribution >= 4 is 0 Å². The standard InChI is InChI=1S/C15H17FN2O/c1-3-10-9-18-7-6-12(10)15(17)13-5-4-11(19-2)8-14(13)16/h4-9,15H,3,17H2,1-2H3. The van der Waals surface area contributed by atoms with Crippen molar-refractivity contribution in [1.82, 2.24) is 4.98 Å². The SMILES string of the molecule is CCc1cnccc1C(N)c1ccc(OC)cc1F. The quantitative estimate of drug-likeness (QED) is 0.919. The van der Waals surface area contributed by atoms with Crippen LogP contribution in [0.5, 0.6) is 5.75 Å². The van der Waals surface area contributed by atoms with Crippen molar-refractivity contribution in [3.8, 4) is 5.75 Å². The monoisotopic (exact) mass is 260 g/mol. The first-order chi connectivity index (χ1) is 9.17. The number of nitrogens with zero attached hydrogens (tertiary/aromatic N) is 1. The highest BCUT2D eigenvalue weighted by molar-refractivity contribution is 5.38. The minimum Gasteiger partial charge on any atom is -0.497 e. The van der Waals surface area contributed by atoms with Crippen LogP contribution in [0.3, 0.4) is 0 Å². The van der Waals surface area contributed by atoms with Gasteiger partial charge in [-0.25, -0.2) is 4.39 Å². The highest BCUT2D eigenvalue weighted by Crippen LogP contribution is 2.27. The van der Waals surface area contributed by atoms with Crippen LogP contribution in [-0.4, -0.2) is 12.1 Å². The lowest BCUT2D eigenvalue weighted by atomic mass is 9.95. The van der Waals surface area contributed by atoms with Crippen molar-refractivity contribution < 1.29 is 9.13 Å². The molecule has 0 aliphatic heterocycles. The number of methoxy groups -OCH3 is 1. The summed E-state index contributed by atoms with van der Waals surface area (Å²) in [5.41, 5.74) is 8.57. The number of ether oxygens (including phenoxy) is 1. The largest absolute Gasteiger partial charge is 0.497 e. The number of nitrogens with two attached hydrogens (primary N) is 1. The first-order valence-electron chi connectivity index (χ1n) is 6.19. The van der Waals surface area contributed by atoms with E-state index in [4.69, 9.17) is 10.5 Å². The van der Waals surface area contributed by atoms with Crippen LogP contribution in [0.4, 0.5) is 4.39 Å². The molecule has 0 saturated carbocycles. The van der Waals surface area contributed by atoms with Gasteiger partial charge in [-0.1, -0.05) is 13.0 Å². The van der Waals surface area contributed by atoms with Crippen LogP contribution in [0.1, 0.15) is 29.7 Å². The summed E-state index contributed by atoms with van der Waals surface area (Å²) in [7, 11) is 1.51. The van der Waals surface area contributed by atoms with Gasteiger partial charge in [-0.3, -0.25) is 4.98 Å². The fourth-order valence-electron chi connectivity index (χ4n) is 2.09. The lowest BCUT2D eigenvalue weighted by Crippen LogP contribution is -2.15. The molecule has 0 aliphatic carbocycles. The van der Waals surface area contributed by atoms with Gasteiger partial charge in [0.2, 0.25) is 0 Å². The van der Waals surface area contributed by atoms with Gasteiger partial charge in [0.05, 0.1) is 13.2 Å². The number of aromatic nitrogens is 1. The second-order valence-corrected chi connectivity index (χ2v) is 4.29. The first-order valence-corrected chi connectivity index (χ1v) is 6.19. The lowest BCUT2D eigenvalue weighted by Gasteiger charge is -2.17. The topological polar surface area (TPSA) is 48.1 Å². The maximum atomic E-state index is 14.0. The number of pyridine rings is 1. The van der Waals surface area contributed by atoms with Crippen LogP contribution in [-0.2, 0) is 6.42 Å². The molecular formula is C15H17FN2O. The Labute approximate surface area is 112 Å². The molecule has 100 valence electrons. The van der Waals surface area contributed by atoms with Gasteiger partial charge in [0.15, 0.2) is 0 Å². The molecule has 1 aromatic heterocycles. The van der Waals surface area contributed by atoms with Crippen LogP contribution >= 0.6 is 0 Å². The molecular weight excluding hydrogens is 243 g/mol. The summed E-state index contributed by atoms with van der Waals surface area (Å²) in [6.07, 6.45) is 4.26. The van der Waals surface area contributed by atoms with Crippen LogP contribution in [0, 0.1) is 5.82 Å². The normalized spacial score (nSPS) is 12.2. The Morgan fingerprint density at radius 1 is 1.32 bits per heavy atom. The van der Waals surface area contributed by atoms with Gasteiger partial charge in [0.25, 0.3) is 0 Å². The zero-order valence-electron chi connectivity index (χ0n) is 11.1. The number of rotatable bonds is 4. The molecule has 2 aromatic rings. The smallest absolute Gasteiger partial charge is 0.132 e. The van der Waals surface area contributed by atoms with Crippen molar-refractivity contribution in [3.05, 3.63) is 59.2 Å². The molecule has 0 amide bonds. The van der Waals surface area contributed by atoms with E-state index in [0.29, 0.717) is 11.3 Å². The summed E-state index contributed by atoms with van der Waals surface area (Å²) in [6.45, 7) is 2.03. The Bertz CT molecular complexity index is 572. The van der Waals surface area contributed by atoms with Gasteiger partial charge in [0.1, 0.15) is 11.6 Å². The summed E-state index contributed by atoms with van der Waals surface area (Å²) in [5.74, 6) is 0.129. The van der Waals surface area contributed by atoms with Gasteiger partial charge < -0.3 is 10.5 Å². The second-order valence-electron chi connectivity index (χ2n) is 4.29. The van der Waals surface area contributed by atoms with Gasteiger partial charge in [0, 0.05) is 24.0 Å². The van der Waals surface area contributed by atoms with E-state index in [1.807, 2.05) is 13.0 Å². The Morgan fingerprint density at radius 2 is 2.11 bits per heavy atom. The van der Waals surface area contributed by atoms with E-state index in [-0.39, 0.29) is 5.82 Å². The highest BCUT2D eigenvalue weighted by Gasteiger charge is 2.16. The van der Waals surface area contributed by atoms with Crippen LogP contribution in [0.15, 0.2) is 36.7 Å². The van der Waals surface area contributed by atoms with E-state index in [9.17, 15) is 4.39 Å². The summed E-state index contributed by atoms with van der Waals surface area (Å²) in [6, 6.07) is 6.07. The first kappa shape index (κ1) is 13.5. The number of hydrogen-bond donors (Lipinski definition) is 1. The molecule has 0 spiro atoms. The molecule has 2 rings (SSSR count). The van der Waals surface area contributed by atoms with E-state index in [1.165, 1.54) is 13.2 Å². The van der Waals surface area contributed by atoms with Crippen LogP contribution in [0.25, 0.3) is 0 Å². The van der Waals surface area contributed by atoms with Crippen molar-refractivity contribution in [2.24, 2.45) is 5.73 Å². The molecule has 0 fully saturated rings. The average Bonchev–Trinajstić information content (AvgIpc) is 2.46. The van der Waals surface area contributed by atoms with E-state index in [1.54, 1.807) is 24.5 Å². The Hall–Kier alpha value is -1.94. The summed E-state index contributed by atoms with van der Waals surface area (Å²) in [5, 5.41) is 0. The third kappa shape index (κ3) is 2.74. The molecule has 1 atom stereocenters. The molecule has 2 N–H and O–H groups in total. The zero-order valence-corrected chi connectivity index (χ0v) is 11.1. The highest BCUT2D eigenvalue weighted by atomic mass is 19.1. The Kier molecular flexibility index (Phi) is 4.12. The third-order valence-electron chi connectivity index (χ3n) is 3.20. The molecule has 0 aliphatic rings. The van der Waals surface area contributed by atoms with Crippen molar-refractivity contribution in [2.45, 2.75) is 19.4 Å². The van der Waals surface area contributed by atoms with Crippen LogP contribution < -0.4 is 10.5 Å². The molecule has 1 aromatic carbocycles. The minimum absolute atomic E-state index is 0.356. The average molecular weight is 260 g/mol. The minimum atomic E-state index is -0.496. The predicted molar refractivity (Wildman–Crippen MR) is 72.6 cm³/mol. The molecule has 3 nitrogen and oxygen atoms in total. The van der Waals surface area contributed by atoms with Gasteiger partial charge >= 0.3 is 0 Å². The molecule has 1 unspecified atom stereocenters. The van der Waals surface area contributed by atoms with Gasteiger partial charge in [-0.2, -0.15) is 0 Å². The molecule has 4 heteroatoms. The number of halogens is 1. The summed E-state index contributed by atoms with van der Waals surface area (Å²) >= 11 is 0. The zero-order chi connectivity index (χ0) is 13.8. The van der Waals surface area contributed by atoms with Crippen molar-refractivity contribution in [2.75, 3.05) is 7.11 Å². The Balaban J connectivity index is 2.41. The molecule has 0 radical (unpaired) electrons. The maximum absolute atomic E-state index is 14.0. The predicted octanol–water partition coefficient (Wildman–Crippen LogP) is 2.84. The van der Waals surface area contributed by atoms with E-state index in [0.717, 1.165) is 17.5 Å². The van der Waals surface area contributed by atoms with Gasteiger partial charge in [-0.05, 0) is 29.7 Å². The summed E-state index contributed by atoms with van der Waals surface area (Å²) in [4.78, 5) is 4.07. The van der Waals surface area contributed by atoms with E-state index < -0.39 is 6.04 Å². The van der Waals surface area contributed by atoms with Gasteiger partial charge in [-0.15, -0.1) is 0 Å². The third-order valence-corrected chi connectivity index (χ3v) is 3.20. The van der Waals surface area contributed by atoms with Crippen LogP contribution in [0.2, 0.25) is 0 Å². The van der Waals surface area contributed by atoms with E-state index in [2.05, 4.69) is 4.98 Å². The molecule has 1 heterocycles. The Morgan fingerprint density at radius 3 is 2.74 bits per heavy atom. The lowest BCUT2D eigenvalue weighted by molar-refractivity contribution is 0.410. The second kappa shape index (κ2) is 5.80. The summed E-state index contributed by atoms with van der Waals surface area (Å²) < 4.78 is 19.0. The van der Waals surface area contributed by atoms with Crippen molar-refractivity contribution in [1.29, 1.82) is 0 Å². The number of benzene rings is 1. The molecule has 19 heavy (non-hydrogen) atoms.